The average molecular weight is 197 g/mol. The summed E-state index contributed by atoms with van der Waals surface area (Å²) in [7, 11) is 0. The predicted molar refractivity (Wildman–Crippen MR) is 57.6 cm³/mol. The summed E-state index contributed by atoms with van der Waals surface area (Å²) in [6, 6.07) is 0. The summed E-state index contributed by atoms with van der Waals surface area (Å²) in [5, 5.41) is 0. The van der Waals surface area contributed by atoms with Gasteiger partial charge in [0.15, 0.2) is 0 Å². The fourth-order valence-corrected chi connectivity index (χ4v) is 1.95. The Kier molecular flexibility index (Phi) is 4.09. The van der Waals surface area contributed by atoms with Gasteiger partial charge in [-0.05, 0) is 13.8 Å². The van der Waals surface area contributed by atoms with Crippen molar-refractivity contribution in [1.29, 1.82) is 0 Å². The molecule has 0 saturated carbocycles. The molecule has 3 heteroatoms. The van der Waals surface area contributed by atoms with Gasteiger partial charge in [-0.15, -0.1) is 11.8 Å². The van der Waals surface area contributed by atoms with Crippen LogP contribution in [0.3, 0.4) is 0 Å². The number of allylic oxidation sites excluding steroid dienone is 3. The Balaban J connectivity index is 2.44. The molecule has 1 amide bonds. The van der Waals surface area contributed by atoms with Gasteiger partial charge in [-0.2, -0.15) is 0 Å². The Morgan fingerprint density at radius 2 is 2.23 bits per heavy atom. The number of hydrogen-bond donors (Lipinski definition) is 0. The number of thioether (sulfide) groups is 1. The summed E-state index contributed by atoms with van der Waals surface area (Å²) >= 11 is 1.81. The van der Waals surface area contributed by atoms with Crippen molar-refractivity contribution in [3.8, 4) is 0 Å². The molecule has 0 spiro atoms. The zero-order valence-corrected chi connectivity index (χ0v) is 8.93. The number of carbonyl (C=O) groups is 1. The molecule has 0 aliphatic carbocycles. The Bertz CT molecular complexity index is 239. The zero-order valence-electron chi connectivity index (χ0n) is 8.12. The zero-order chi connectivity index (χ0) is 9.68. The van der Waals surface area contributed by atoms with Gasteiger partial charge in [0.1, 0.15) is 0 Å². The Labute approximate surface area is 83.7 Å². The molecule has 0 bridgehead atoms. The van der Waals surface area contributed by atoms with E-state index in [1.54, 1.807) is 6.08 Å². The lowest BCUT2D eigenvalue weighted by Crippen LogP contribution is -2.25. The van der Waals surface area contributed by atoms with Gasteiger partial charge in [-0.1, -0.05) is 17.7 Å². The van der Waals surface area contributed by atoms with E-state index < -0.39 is 0 Å². The van der Waals surface area contributed by atoms with Crippen LogP contribution in [0.1, 0.15) is 13.8 Å². The molecule has 0 radical (unpaired) electrons. The molecule has 0 unspecified atom stereocenters. The largest absolute Gasteiger partial charge is 0.329 e. The normalized spacial score (nSPS) is 18.6. The van der Waals surface area contributed by atoms with E-state index >= 15 is 0 Å². The second-order valence-corrected chi connectivity index (χ2v) is 4.08. The summed E-state index contributed by atoms with van der Waals surface area (Å²) in [5.74, 6) is 2.05. The van der Waals surface area contributed by atoms with Crippen molar-refractivity contribution in [1.82, 2.24) is 4.90 Å². The van der Waals surface area contributed by atoms with Crippen molar-refractivity contribution in [2.24, 2.45) is 0 Å². The highest BCUT2D eigenvalue weighted by atomic mass is 32.2. The third-order valence-corrected chi connectivity index (χ3v) is 2.97. The first kappa shape index (κ1) is 10.4. The van der Waals surface area contributed by atoms with Gasteiger partial charge in [0, 0.05) is 18.4 Å². The molecule has 13 heavy (non-hydrogen) atoms. The van der Waals surface area contributed by atoms with Gasteiger partial charge in [-0.3, -0.25) is 4.79 Å². The van der Waals surface area contributed by atoms with Crippen LogP contribution < -0.4 is 0 Å². The van der Waals surface area contributed by atoms with Crippen molar-refractivity contribution in [3.05, 3.63) is 23.8 Å². The third-order valence-electron chi connectivity index (χ3n) is 2.01. The monoisotopic (exact) mass is 197 g/mol. The second-order valence-electron chi connectivity index (χ2n) is 3.01. The molecule has 1 aliphatic heterocycles. The van der Waals surface area contributed by atoms with Crippen molar-refractivity contribution in [2.45, 2.75) is 13.8 Å². The molecule has 1 aliphatic rings. The van der Waals surface area contributed by atoms with Crippen molar-refractivity contribution in [2.75, 3.05) is 18.2 Å². The lowest BCUT2D eigenvalue weighted by Gasteiger charge is -2.10. The van der Waals surface area contributed by atoms with E-state index in [9.17, 15) is 4.79 Å². The third kappa shape index (κ3) is 3.27. The van der Waals surface area contributed by atoms with Crippen LogP contribution in [0.5, 0.6) is 0 Å². The topological polar surface area (TPSA) is 20.3 Å². The fourth-order valence-electron chi connectivity index (χ4n) is 0.992. The van der Waals surface area contributed by atoms with Gasteiger partial charge in [0.2, 0.25) is 5.91 Å². The lowest BCUT2D eigenvalue weighted by molar-refractivity contribution is -0.124. The maximum atomic E-state index is 11.5. The smallest absolute Gasteiger partial charge is 0.247 e. The van der Waals surface area contributed by atoms with Crippen molar-refractivity contribution >= 4 is 17.7 Å². The highest BCUT2D eigenvalue weighted by Crippen LogP contribution is 2.13. The molecule has 1 heterocycles. The van der Waals surface area contributed by atoms with Gasteiger partial charge in [0.25, 0.3) is 0 Å². The number of carbonyl (C=O) groups excluding carboxylic acids is 1. The second kappa shape index (κ2) is 5.12. The summed E-state index contributed by atoms with van der Waals surface area (Å²) in [4.78, 5) is 13.3. The van der Waals surface area contributed by atoms with E-state index in [1.807, 2.05) is 42.7 Å². The molecule has 0 aromatic rings. The van der Waals surface area contributed by atoms with Gasteiger partial charge >= 0.3 is 0 Å². The maximum absolute atomic E-state index is 11.5. The number of hydrogen-bond acceptors (Lipinski definition) is 2. The first-order valence-corrected chi connectivity index (χ1v) is 5.57. The highest BCUT2D eigenvalue weighted by molar-refractivity contribution is 7.99. The molecular weight excluding hydrogens is 182 g/mol. The van der Waals surface area contributed by atoms with Crippen LogP contribution in [0.15, 0.2) is 23.8 Å². The summed E-state index contributed by atoms with van der Waals surface area (Å²) < 4.78 is 0. The van der Waals surface area contributed by atoms with Gasteiger partial charge in [-0.25, -0.2) is 0 Å². The molecule has 0 N–H and O–H groups in total. The molecule has 0 aromatic heterocycles. The number of rotatable bonds is 2. The van der Waals surface area contributed by atoms with E-state index in [0.717, 1.165) is 23.7 Å². The molecule has 0 atom stereocenters. The van der Waals surface area contributed by atoms with Crippen LogP contribution in [-0.4, -0.2) is 29.0 Å². The molecule has 1 saturated heterocycles. The molecule has 72 valence electrons. The average Bonchev–Trinajstić information content (AvgIpc) is 2.66. The Hall–Kier alpha value is -0.700. The van der Waals surface area contributed by atoms with Gasteiger partial charge < -0.3 is 4.90 Å². The summed E-state index contributed by atoms with van der Waals surface area (Å²) in [5.41, 5.74) is 1.13. The molecule has 2 nitrogen and oxygen atoms in total. The molecular formula is C10H15NOS. The van der Waals surface area contributed by atoms with E-state index in [-0.39, 0.29) is 5.91 Å². The SMILES string of the molecule is C/C=C(C)\C=C\C(=O)N1CCSC1. The summed E-state index contributed by atoms with van der Waals surface area (Å²) in [6.07, 6.45) is 5.51. The van der Waals surface area contributed by atoms with Crippen LogP contribution in [0.25, 0.3) is 0 Å². The maximum Gasteiger partial charge on any atom is 0.247 e. The quantitative estimate of drug-likeness (QED) is 0.499. The first-order valence-electron chi connectivity index (χ1n) is 4.41. The predicted octanol–water partition coefficient (Wildman–Crippen LogP) is 2.04. The van der Waals surface area contributed by atoms with E-state index in [4.69, 9.17) is 0 Å². The highest BCUT2D eigenvalue weighted by Gasteiger charge is 2.15. The van der Waals surface area contributed by atoms with Crippen LogP contribution in [0, 0.1) is 0 Å². The van der Waals surface area contributed by atoms with Crippen LogP contribution in [0.4, 0.5) is 0 Å². The van der Waals surface area contributed by atoms with Crippen LogP contribution >= 0.6 is 11.8 Å². The Morgan fingerprint density at radius 3 is 2.77 bits per heavy atom. The lowest BCUT2D eigenvalue weighted by atomic mass is 10.2. The van der Waals surface area contributed by atoms with Crippen LogP contribution in [0.2, 0.25) is 0 Å². The minimum absolute atomic E-state index is 0.131. The van der Waals surface area contributed by atoms with Crippen molar-refractivity contribution in [3.63, 3.8) is 0 Å². The van der Waals surface area contributed by atoms with E-state index in [1.165, 1.54) is 0 Å². The van der Waals surface area contributed by atoms with Crippen LogP contribution in [-0.2, 0) is 4.79 Å². The Morgan fingerprint density at radius 1 is 1.46 bits per heavy atom. The fraction of sp³-hybridized carbons (Fsp3) is 0.500. The minimum atomic E-state index is 0.131. The van der Waals surface area contributed by atoms with E-state index in [0.29, 0.717) is 0 Å². The number of amides is 1. The molecule has 0 aromatic carbocycles. The van der Waals surface area contributed by atoms with Crippen molar-refractivity contribution < 1.29 is 4.79 Å². The standard InChI is InChI=1S/C10H15NOS/c1-3-9(2)4-5-10(12)11-6-7-13-8-11/h3-5H,6-8H2,1-2H3/b5-4+,9-3-. The minimum Gasteiger partial charge on any atom is -0.329 e. The molecule has 1 fully saturated rings. The van der Waals surface area contributed by atoms with Gasteiger partial charge in [0.05, 0.1) is 5.88 Å². The molecule has 1 rings (SSSR count). The summed E-state index contributed by atoms with van der Waals surface area (Å²) in [6.45, 7) is 4.85. The van der Waals surface area contributed by atoms with E-state index in [2.05, 4.69) is 0 Å². The number of nitrogens with zero attached hydrogens (tertiary/aromatic N) is 1. The first-order chi connectivity index (χ1) is 6.24.